The van der Waals surface area contributed by atoms with Crippen molar-refractivity contribution in [1.29, 1.82) is 5.26 Å². The van der Waals surface area contributed by atoms with Crippen molar-refractivity contribution in [3.63, 3.8) is 0 Å². The summed E-state index contributed by atoms with van der Waals surface area (Å²) in [4.78, 5) is 8.74. The summed E-state index contributed by atoms with van der Waals surface area (Å²) >= 11 is 0. The molecule has 3 aromatic rings. The number of anilines is 1. The second kappa shape index (κ2) is 9.78. The summed E-state index contributed by atoms with van der Waals surface area (Å²) in [5.74, 6) is 0. The molecule has 7 heteroatoms. The number of hydrogen-bond donors (Lipinski definition) is 2. The van der Waals surface area contributed by atoms with Gasteiger partial charge in [-0.15, -0.1) is 0 Å². The standard InChI is InChI=1S/C25H26BN6/c26-25(21-12-22(29)16-30-15-21)31-9-10-32(23(14-28)17-31)24(19-6-2-1-3-7-19)20-8-4-5-18(11-20)13-27/h1-8,11-12,15-16,23-24H,9-10,14,17,28-29H2. The Morgan fingerprint density at radius 3 is 2.59 bits per heavy atom. The van der Waals surface area contributed by atoms with Crippen LogP contribution in [0.1, 0.15) is 28.3 Å². The molecule has 0 amide bonds. The molecular formula is C25H26BN6. The molecule has 0 saturated carbocycles. The molecule has 159 valence electrons. The zero-order chi connectivity index (χ0) is 22.5. The van der Waals surface area contributed by atoms with Gasteiger partial charge in [0.2, 0.25) is 0 Å². The number of nitriles is 1. The molecule has 1 aliphatic heterocycles. The monoisotopic (exact) mass is 421 g/mol. The molecule has 2 aromatic carbocycles. The van der Waals surface area contributed by atoms with E-state index in [1.807, 2.05) is 42.5 Å². The predicted octanol–water partition coefficient (Wildman–Crippen LogP) is 1.92. The molecule has 2 atom stereocenters. The first-order valence-electron chi connectivity index (χ1n) is 10.7. The van der Waals surface area contributed by atoms with Gasteiger partial charge in [-0.3, -0.25) is 0 Å². The molecule has 4 N–H and O–H groups in total. The van der Waals surface area contributed by atoms with Gasteiger partial charge in [-0.05, 0) is 0 Å². The fourth-order valence-corrected chi connectivity index (χ4v) is 4.41. The molecule has 1 saturated heterocycles. The number of aromatic nitrogens is 1. The van der Waals surface area contributed by atoms with Gasteiger partial charge in [0.05, 0.1) is 0 Å². The molecule has 2 unspecified atom stereocenters. The summed E-state index contributed by atoms with van der Waals surface area (Å²) in [6.45, 7) is 2.70. The van der Waals surface area contributed by atoms with Gasteiger partial charge in [0.1, 0.15) is 0 Å². The first-order valence-corrected chi connectivity index (χ1v) is 10.7. The van der Waals surface area contributed by atoms with Crippen molar-refractivity contribution >= 4 is 18.8 Å². The minimum absolute atomic E-state index is 0.00420. The number of nitrogens with two attached hydrogens (primary N) is 2. The number of benzene rings is 2. The van der Waals surface area contributed by atoms with Crippen LogP contribution in [0, 0.1) is 11.3 Å². The van der Waals surface area contributed by atoms with Crippen molar-refractivity contribution < 1.29 is 0 Å². The van der Waals surface area contributed by atoms with Crippen LogP contribution in [0.4, 0.5) is 5.69 Å². The Kier molecular flexibility index (Phi) is 6.65. The Hall–Kier alpha value is -3.47. The van der Waals surface area contributed by atoms with Gasteiger partial charge in [0.15, 0.2) is 0 Å². The zero-order valence-electron chi connectivity index (χ0n) is 17.9. The molecule has 1 radical (unpaired) electrons. The van der Waals surface area contributed by atoms with E-state index >= 15 is 0 Å². The van der Waals surface area contributed by atoms with Crippen LogP contribution >= 0.6 is 0 Å². The fourth-order valence-electron chi connectivity index (χ4n) is 4.41. The van der Waals surface area contributed by atoms with Crippen molar-refractivity contribution in [2.45, 2.75) is 12.1 Å². The van der Waals surface area contributed by atoms with Crippen molar-refractivity contribution in [2.24, 2.45) is 5.73 Å². The Labute approximate surface area is 190 Å². The quantitative estimate of drug-likeness (QED) is 0.591. The Morgan fingerprint density at radius 1 is 1.09 bits per heavy atom. The van der Waals surface area contributed by atoms with Crippen LogP contribution in [0.2, 0.25) is 0 Å². The van der Waals surface area contributed by atoms with E-state index in [1.54, 1.807) is 12.4 Å². The van der Waals surface area contributed by atoms with E-state index in [0.29, 0.717) is 29.9 Å². The van der Waals surface area contributed by atoms with Crippen LogP contribution in [0.25, 0.3) is 0 Å². The van der Waals surface area contributed by atoms with Crippen molar-refractivity contribution in [2.75, 3.05) is 31.9 Å². The first kappa shape index (κ1) is 21.8. The minimum atomic E-state index is -0.00420. The maximum absolute atomic E-state index is 9.43. The number of pyridine rings is 1. The second-order valence-corrected chi connectivity index (χ2v) is 8.02. The second-order valence-electron chi connectivity index (χ2n) is 8.02. The van der Waals surface area contributed by atoms with E-state index in [2.05, 4.69) is 39.1 Å². The average Bonchev–Trinajstić information content (AvgIpc) is 2.84. The van der Waals surface area contributed by atoms with Crippen LogP contribution in [0.3, 0.4) is 0 Å². The van der Waals surface area contributed by atoms with Gasteiger partial charge in [-0.25, -0.2) is 0 Å². The van der Waals surface area contributed by atoms with Gasteiger partial charge >= 0.3 is 190 Å². The summed E-state index contributed by atoms with van der Waals surface area (Å²) in [5.41, 5.74) is 17.1. The van der Waals surface area contributed by atoms with E-state index in [1.165, 1.54) is 5.56 Å². The third-order valence-corrected chi connectivity index (χ3v) is 5.97. The number of rotatable bonds is 6. The molecule has 0 bridgehead atoms. The molecular weight excluding hydrogens is 395 g/mol. The van der Waals surface area contributed by atoms with E-state index in [4.69, 9.17) is 19.0 Å². The third-order valence-electron chi connectivity index (χ3n) is 5.97. The van der Waals surface area contributed by atoms with E-state index < -0.39 is 0 Å². The molecule has 32 heavy (non-hydrogen) atoms. The molecule has 1 aliphatic rings. The number of piperazine rings is 1. The van der Waals surface area contributed by atoms with Crippen LogP contribution in [-0.2, 0) is 0 Å². The first-order chi connectivity index (χ1) is 15.6. The summed E-state index contributed by atoms with van der Waals surface area (Å²) < 4.78 is 0. The Bertz CT molecular complexity index is 1130. The number of nitrogens with zero attached hydrogens (tertiary/aromatic N) is 4. The van der Waals surface area contributed by atoms with Gasteiger partial charge in [0.25, 0.3) is 0 Å². The predicted molar refractivity (Wildman–Crippen MR) is 129 cm³/mol. The van der Waals surface area contributed by atoms with Crippen molar-refractivity contribution in [1.82, 2.24) is 14.8 Å². The van der Waals surface area contributed by atoms with Crippen LogP contribution in [0.15, 0.2) is 73.1 Å². The van der Waals surface area contributed by atoms with Crippen molar-refractivity contribution in [3.05, 3.63) is 95.3 Å². The summed E-state index contributed by atoms with van der Waals surface area (Å²) in [7, 11) is 6.49. The summed E-state index contributed by atoms with van der Waals surface area (Å²) in [6, 6.07) is 22.4. The van der Waals surface area contributed by atoms with Crippen LogP contribution in [-0.4, -0.2) is 60.1 Å². The number of nitrogen functional groups attached to an aromatic ring is 1. The molecule has 0 aliphatic carbocycles. The van der Waals surface area contributed by atoms with Gasteiger partial charge in [0, 0.05) is 0 Å². The molecule has 2 heterocycles. The van der Waals surface area contributed by atoms with Crippen LogP contribution in [0.5, 0.6) is 0 Å². The zero-order valence-corrected chi connectivity index (χ0v) is 17.9. The van der Waals surface area contributed by atoms with Crippen molar-refractivity contribution in [3.8, 4) is 6.07 Å². The Morgan fingerprint density at radius 2 is 1.88 bits per heavy atom. The van der Waals surface area contributed by atoms with E-state index in [0.717, 1.165) is 24.2 Å². The van der Waals surface area contributed by atoms with Gasteiger partial charge in [-0.2, -0.15) is 0 Å². The number of hydrogen-bond acceptors (Lipinski definition) is 6. The summed E-state index contributed by atoms with van der Waals surface area (Å²) in [5, 5.41) is 9.43. The molecule has 6 nitrogen and oxygen atoms in total. The van der Waals surface area contributed by atoms with Gasteiger partial charge in [-0.1, -0.05) is 0 Å². The van der Waals surface area contributed by atoms with E-state index in [9.17, 15) is 5.26 Å². The average molecular weight is 421 g/mol. The molecule has 1 fully saturated rings. The van der Waals surface area contributed by atoms with E-state index in [-0.39, 0.29) is 12.1 Å². The fraction of sp³-hybridized carbons (Fsp3) is 0.240. The molecule has 0 spiro atoms. The third kappa shape index (κ3) is 4.57. The summed E-state index contributed by atoms with van der Waals surface area (Å²) in [6.07, 6.45) is 3.34. The normalized spacial score (nSPS) is 17.5. The molecule has 1 aromatic heterocycles. The maximum atomic E-state index is 9.43. The Balaban J connectivity index is 1.64. The van der Waals surface area contributed by atoms with Gasteiger partial charge < -0.3 is 0 Å². The van der Waals surface area contributed by atoms with Crippen LogP contribution < -0.4 is 11.5 Å². The molecule has 4 rings (SSSR count). The SMILES string of the molecule is [B]=C(c1cncc(N)c1)N1CCN(C(c2ccccc2)c2cccc(C#N)c2)C(CN)C1. The topological polar surface area (TPSA) is 95.2 Å².